The van der Waals surface area contributed by atoms with Crippen LogP contribution in [0.1, 0.15) is 63.6 Å². The average molecular weight is 493 g/mol. The third-order valence-corrected chi connectivity index (χ3v) is 8.17. The fourth-order valence-corrected chi connectivity index (χ4v) is 5.57. The minimum Gasteiger partial charge on any atom is -0.317 e. The van der Waals surface area contributed by atoms with Gasteiger partial charge in [-0.05, 0) is 122 Å². The molecule has 2 aromatic rings. The van der Waals surface area contributed by atoms with Crippen LogP contribution < -0.4 is 10.2 Å². The number of benzene rings is 2. The number of aryl methyl sites for hydroxylation is 3. The highest BCUT2D eigenvalue weighted by atomic mass is 15.1. The van der Waals surface area contributed by atoms with Gasteiger partial charge in [0, 0.05) is 17.9 Å². The lowest BCUT2D eigenvalue weighted by molar-refractivity contribution is 0.439. The van der Waals surface area contributed by atoms with Gasteiger partial charge in [-0.2, -0.15) is 0 Å². The normalized spacial score (nSPS) is 23.2. The van der Waals surface area contributed by atoms with Crippen LogP contribution in [-0.4, -0.2) is 12.6 Å². The molecule has 0 radical (unpaired) electrons. The van der Waals surface area contributed by atoms with Crippen molar-refractivity contribution in [2.45, 2.75) is 73.8 Å². The predicted molar refractivity (Wildman–Crippen MR) is 162 cm³/mol. The molecule has 1 atom stereocenters. The van der Waals surface area contributed by atoms with E-state index in [1.807, 2.05) is 0 Å². The van der Waals surface area contributed by atoms with Crippen molar-refractivity contribution in [1.29, 1.82) is 0 Å². The molecule has 0 bridgehead atoms. The number of allylic oxidation sites excluding steroid dienone is 5. The van der Waals surface area contributed by atoms with Crippen molar-refractivity contribution in [2.24, 2.45) is 5.41 Å². The maximum absolute atomic E-state index is 4.62. The number of rotatable bonds is 6. The highest BCUT2D eigenvalue weighted by Crippen LogP contribution is 2.39. The molecule has 4 rings (SSSR count). The van der Waals surface area contributed by atoms with E-state index in [9.17, 15) is 0 Å². The molecule has 2 nitrogen and oxygen atoms in total. The summed E-state index contributed by atoms with van der Waals surface area (Å²) in [6.07, 6.45) is 14.7. The fourth-order valence-electron chi connectivity index (χ4n) is 5.57. The highest BCUT2D eigenvalue weighted by Gasteiger charge is 2.28. The molecule has 194 valence electrons. The second-order valence-electron chi connectivity index (χ2n) is 11.3. The van der Waals surface area contributed by atoms with Gasteiger partial charge in [-0.1, -0.05) is 69.3 Å². The Bertz CT molecular complexity index is 1290. The maximum atomic E-state index is 4.62. The molecule has 1 N–H and O–H groups in total. The van der Waals surface area contributed by atoms with Crippen molar-refractivity contribution in [2.75, 3.05) is 11.4 Å². The second-order valence-corrected chi connectivity index (χ2v) is 11.3. The summed E-state index contributed by atoms with van der Waals surface area (Å²) in [5.74, 6) is 0. The zero-order valence-electron chi connectivity index (χ0n) is 23.9. The summed E-state index contributed by atoms with van der Waals surface area (Å²) in [6.45, 7) is 21.3. The SMILES string of the molecule is C=C1/C=C(C(C)(C)CC)\C=C/N(c2ccc(-c3ccc(C)cc3C)c(C)c2)C(/C=C\C)=C\1C1CCCN1. The van der Waals surface area contributed by atoms with E-state index >= 15 is 0 Å². The Morgan fingerprint density at radius 1 is 1.05 bits per heavy atom. The van der Waals surface area contributed by atoms with Crippen LogP contribution in [0.5, 0.6) is 0 Å². The summed E-state index contributed by atoms with van der Waals surface area (Å²) in [5.41, 5.74) is 12.7. The Kier molecular flexibility index (Phi) is 8.09. The molecular weight excluding hydrogens is 448 g/mol. The van der Waals surface area contributed by atoms with E-state index in [2.05, 4.69) is 132 Å². The first-order valence-electron chi connectivity index (χ1n) is 13.8. The summed E-state index contributed by atoms with van der Waals surface area (Å²) < 4.78 is 0. The van der Waals surface area contributed by atoms with Crippen LogP contribution in [-0.2, 0) is 0 Å². The minimum atomic E-state index is 0.0696. The average Bonchev–Trinajstić information content (AvgIpc) is 3.37. The third kappa shape index (κ3) is 5.60. The molecular formula is C35H44N2. The van der Waals surface area contributed by atoms with E-state index in [4.69, 9.17) is 0 Å². The van der Waals surface area contributed by atoms with Gasteiger partial charge in [0.15, 0.2) is 0 Å². The van der Waals surface area contributed by atoms with E-state index in [0.29, 0.717) is 6.04 Å². The van der Waals surface area contributed by atoms with E-state index in [0.717, 1.165) is 25.0 Å². The number of nitrogens with zero attached hydrogens (tertiary/aromatic N) is 1. The van der Waals surface area contributed by atoms with E-state index in [1.54, 1.807) is 0 Å². The largest absolute Gasteiger partial charge is 0.317 e. The van der Waals surface area contributed by atoms with Crippen molar-refractivity contribution in [3.05, 3.63) is 113 Å². The van der Waals surface area contributed by atoms with Crippen LogP contribution in [0.25, 0.3) is 11.1 Å². The van der Waals surface area contributed by atoms with Gasteiger partial charge < -0.3 is 10.2 Å². The molecule has 0 aliphatic carbocycles. The van der Waals surface area contributed by atoms with Gasteiger partial charge in [0.05, 0.1) is 5.70 Å². The van der Waals surface area contributed by atoms with Gasteiger partial charge in [-0.25, -0.2) is 0 Å². The quantitative estimate of drug-likeness (QED) is 0.432. The van der Waals surface area contributed by atoms with Gasteiger partial charge >= 0.3 is 0 Å². The summed E-state index contributed by atoms with van der Waals surface area (Å²) in [4.78, 5) is 2.37. The van der Waals surface area contributed by atoms with Gasteiger partial charge in [0.1, 0.15) is 0 Å². The molecule has 2 heterocycles. The number of hydrogen-bond acceptors (Lipinski definition) is 2. The first kappa shape index (κ1) is 26.9. The first-order chi connectivity index (χ1) is 17.7. The maximum Gasteiger partial charge on any atom is 0.0505 e. The van der Waals surface area contributed by atoms with E-state index in [1.165, 1.54) is 56.8 Å². The van der Waals surface area contributed by atoms with Crippen LogP contribution in [0.3, 0.4) is 0 Å². The van der Waals surface area contributed by atoms with Crippen molar-refractivity contribution in [3.8, 4) is 11.1 Å². The zero-order valence-corrected chi connectivity index (χ0v) is 23.9. The Morgan fingerprint density at radius 2 is 1.76 bits per heavy atom. The molecule has 2 heteroatoms. The molecule has 0 aromatic heterocycles. The van der Waals surface area contributed by atoms with Crippen molar-refractivity contribution >= 4 is 5.69 Å². The molecule has 0 amide bonds. The van der Waals surface area contributed by atoms with Gasteiger partial charge in [-0.15, -0.1) is 0 Å². The number of nitrogens with one attached hydrogen (secondary N) is 1. The molecule has 1 fully saturated rings. The monoisotopic (exact) mass is 492 g/mol. The van der Waals surface area contributed by atoms with Crippen molar-refractivity contribution < 1.29 is 0 Å². The van der Waals surface area contributed by atoms with Crippen molar-refractivity contribution in [1.82, 2.24) is 5.32 Å². The summed E-state index contributed by atoms with van der Waals surface area (Å²) in [7, 11) is 0. The fraction of sp³-hybridized carbons (Fsp3) is 0.371. The molecule has 1 unspecified atom stereocenters. The molecule has 0 saturated carbocycles. The van der Waals surface area contributed by atoms with Crippen LogP contribution in [0.4, 0.5) is 5.69 Å². The van der Waals surface area contributed by atoms with Crippen molar-refractivity contribution in [3.63, 3.8) is 0 Å². The van der Waals surface area contributed by atoms with E-state index < -0.39 is 0 Å². The highest BCUT2D eigenvalue weighted by molar-refractivity contribution is 5.75. The number of anilines is 1. The lowest BCUT2D eigenvalue weighted by atomic mass is 9.79. The first-order valence-corrected chi connectivity index (χ1v) is 13.8. The smallest absolute Gasteiger partial charge is 0.0505 e. The van der Waals surface area contributed by atoms with Crippen LogP contribution in [0.2, 0.25) is 0 Å². The number of hydrogen-bond donors (Lipinski definition) is 1. The van der Waals surface area contributed by atoms with Gasteiger partial charge in [0.2, 0.25) is 0 Å². The molecule has 2 aromatic carbocycles. The van der Waals surface area contributed by atoms with Gasteiger partial charge in [0.25, 0.3) is 0 Å². The summed E-state index contributed by atoms with van der Waals surface area (Å²) >= 11 is 0. The standard InChI is InChI=1S/C35H44N2/c1-9-12-33-34(32-13-11-19-36-32)27(6)22-28(35(7,8)10-2)18-20-37(33)29-15-17-31(26(5)23-29)30-16-14-24(3)21-25(30)4/h9,12,14-18,20-23,32,36H,6,10-11,13,19H2,1-5,7-8H3/b12-9-,20-18-,28-22+,34-33+. The van der Waals surface area contributed by atoms with Gasteiger partial charge in [-0.3, -0.25) is 0 Å². The molecule has 1 saturated heterocycles. The Balaban J connectivity index is 1.89. The topological polar surface area (TPSA) is 15.3 Å². The summed E-state index contributed by atoms with van der Waals surface area (Å²) in [5, 5.41) is 3.75. The Morgan fingerprint density at radius 3 is 2.35 bits per heavy atom. The Hall–Kier alpha value is -3.10. The minimum absolute atomic E-state index is 0.0696. The molecule has 37 heavy (non-hydrogen) atoms. The molecule has 2 aliphatic rings. The lowest BCUT2D eigenvalue weighted by Gasteiger charge is -2.33. The predicted octanol–water partition coefficient (Wildman–Crippen LogP) is 9.11. The summed E-state index contributed by atoms with van der Waals surface area (Å²) in [6, 6.07) is 13.9. The molecule has 0 spiro atoms. The van der Waals surface area contributed by atoms with Crippen LogP contribution >= 0.6 is 0 Å². The van der Waals surface area contributed by atoms with E-state index in [-0.39, 0.29) is 5.41 Å². The zero-order chi connectivity index (χ0) is 26.7. The third-order valence-electron chi connectivity index (χ3n) is 8.17. The lowest BCUT2D eigenvalue weighted by Crippen LogP contribution is -2.30. The Labute approximate surface area is 225 Å². The van der Waals surface area contributed by atoms with Crippen LogP contribution in [0, 0.1) is 26.2 Å². The second kappa shape index (κ2) is 11.1. The van der Waals surface area contributed by atoms with Crippen LogP contribution in [0.15, 0.2) is 95.9 Å². The molecule has 2 aliphatic heterocycles.